The smallest absolute Gasteiger partial charge is 0.336 e. The molecule has 0 aliphatic rings. The van der Waals surface area contributed by atoms with Crippen molar-refractivity contribution in [1.82, 2.24) is 4.72 Å². The molecule has 0 spiro atoms. The summed E-state index contributed by atoms with van der Waals surface area (Å²) < 4.78 is 26.9. The maximum absolute atomic E-state index is 12.2. The molecule has 5 nitrogen and oxygen atoms in total. The summed E-state index contributed by atoms with van der Waals surface area (Å²) in [4.78, 5) is 11.0. The molecule has 0 atom stereocenters. The second-order valence-electron chi connectivity index (χ2n) is 4.14. The Balaban J connectivity index is 2.98. The van der Waals surface area contributed by atoms with Gasteiger partial charge in [0.05, 0.1) is 10.5 Å². The molecule has 0 saturated carbocycles. The zero-order chi connectivity index (χ0) is 16.0. The highest BCUT2D eigenvalue weighted by atomic mass is 35.5. The molecule has 0 saturated heterocycles. The van der Waals surface area contributed by atoms with Gasteiger partial charge in [0.25, 0.3) is 0 Å². The van der Waals surface area contributed by atoms with E-state index in [9.17, 15) is 13.2 Å². The zero-order valence-electron chi connectivity index (χ0n) is 11.4. The van der Waals surface area contributed by atoms with Crippen molar-refractivity contribution in [2.75, 3.05) is 18.1 Å². The topological polar surface area (TPSA) is 83.5 Å². The Morgan fingerprint density at radius 3 is 2.76 bits per heavy atom. The van der Waals surface area contributed by atoms with Crippen molar-refractivity contribution in [3.63, 3.8) is 0 Å². The van der Waals surface area contributed by atoms with Gasteiger partial charge in [0.1, 0.15) is 0 Å². The van der Waals surface area contributed by atoms with Crippen molar-refractivity contribution in [2.45, 2.75) is 11.8 Å². The number of halogens is 1. The summed E-state index contributed by atoms with van der Waals surface area (Å²) in [5.74, 6) is 0.116. The van der Waals surface area contributed by atoms with E-state index >= 15 is 0 Å². The minimum Gasteiger partial charge on any atom is -0.478 e. The summed E-state index contributed by atoms with van der Waals surface area (Å²) in [6.45, 7) is 5.26. The van der Waals surface area contributed by atoms with E-state index in [1.807, 2.05) is 0 Å². The molecule has 0 amide bonds. The molecule has 0 aromatic heterocycles. The summed E-state index contributed by atoms with van der Waals surface area (Å²) in [6, 6.07) is 2.49. The molecule has 2 N–H and O–H groups in total. The molecule has 21 heavy (non-hydrogen) atoms. The number of carboxylic acids is 1. The van der Waals surface area contributed by atoms with E-state index in [2.05, 4.69) is 11.3 Å². The largest absolute Gasteiger partial charge is 0.478 e. The van der Waals surface area contributed by atoms with Gasteiger partial charge in [-0.3, -0.25) is 0 Å². The SMILES string of the molecule is C=CCSCCNS(=O)(=O)c1cc(Cl)cc(C(=O)O)c1C. The average Bonchev–Trinajstić information content (AvgIpc) is 2.40. The molecule has 1 aromatic carbocycles. The van der Waals surface area contributed by atoms with Crippen LogP contribution < -0.4 is 4.72 Å². The molecule has 0 aliphatic heterocycles. The van der Waals surface area contributed by atoms with Crippen molar-refractivity contribution >= 4 is 39.4 Å². The van der Waals surface area contributed by atoms with Crippen LogP contribution in [0.5, 0.6) is 0 Å². The molecule has 1 rings (SSSR count). The van der Waals surface area contributed by atoms with Crippen molar-refractivity contribution in [1.29, 1.82) is 0 Å². The van der Waals surface area contributed by atoms with Gasteiger partial charge in [-0.1, -0.05) is 17.7 Å². The lowest BCUT2D eigenvalue weighted by molar-refractivity contribution is 0.0696. The first kappa shape index (κ1) is 18.0. The van der Waals surface area contributed by atoms with Crippen LogP contribution in [0, 0.1) is 6.92 Å². The fourth-order valence-electron chi connectivity index (χ4n) is 1.65. The molecule has 0 fully saturated rings. The number of nitrogens with one attached hydrogen (secondary N) is 1. The molecular weight excluding hydrogens is 334 g/mol. The van der Waals surface area contributed by atoms with Crippen LogP contribution in [0.4, 0.5) is 0 Å². The lowest BCUT2D eigenvalue weighted by Crippen LogP contribution is -2.27. The van der Waals surface area contributed by atoms with E-state index in [1.165, 1.54) is 30.8 Å². The van der Waals surface area contributed by atoms with Crippen molar-refractivity contribution in [2.24, 2.45) is 0 Å². The first-order valence-electron chi connectivity index (χ1n) is 6.01. The van der Waals surface area contributed by atoms with E-state index in [0.29, 0.717) is 5.75 Å². The van der Waals surface area contributed by atoms with Crippen LogP contribution in [-0.2, 0) is 10.0 Å². The summed E-state index contributed by atoms with van der Waals surface area (Å²) in [5, 5.41) is 9.14. The Kier molecular flexibility index (Phi) is 6.73. The van der Waals surface area contributed by atoms with E-state index in [4.69, 9.17) is 16.7 Å². The van der Waals surface area contributed by atoms with Crippen LogP contribution in [0.2, 0.25) is 5.02 Å². The van der Waals surface area contributed by atoms with Gasteiger partial charge in [0.2, 0.25) is 10.0 Å². The van der Waals surface area contributed by atoms with Gasteiger partial charge in [-0.2, -0.15) is 11.8 Å². The van der Waals surface area contributed by atoms with Gasteiger partial charge in [-0.05, 0) is 24.6 Å². The Bertz CT molecular complexity index is 644. The lowest BCUT2D eigenvalue weighted by Gasteiger charge is -2.11. The highest BCUT2D eigenvalue weighted by Crippen LogP contribution is 2.24. The van der Waals surface area contributed by atoms with Crippen LogP contribution >= 0.6 is 23.4 Å². The van der Waals surface area contributed by atoms with E-state index in [-0.39, 0.29) is 27.6 Å². The number of sulfonamides is 1. The monoisotopic (exact) mass is 349 g/mol. The minimum absolute atomic E-state index is 0.0689. The molecule has 116 valence electrons. The Morgan fingerprint density at radius 1 is 1.52 bits per heavy atom. The number of hydrogen-bond acceptors (Lipinski definition) is 4. The number of carbonyl (C=O) groups is 1. The third kappa shape index (κ3) is 5.03. The van der Waals surface area contributed by atoms with Gasteiger partial charge < -0.3 is 5.11 Å². The second kappa shape index (κ2) is 7.84. The molecule has 1 aromatic rings. The predicted molar refractivity (Wildman–Crippen MR) is 85.9 cm³/mol. The Hall–Kier alpha value is -1.02. The molecule has 8 heteroatoms. The molecule has 0 unspecified atom stereocenters. The number of thioether (sulfide) groups is 1. The number of benzene rings is 1. The van der Waals surface area contributed by atoms with Crippen LogP contribution in [0.1, 0.15) is 15.9 Å². The summed E-state index contributed by atoms with van der Waals surface area (Å²) in [5.41, 5.74) is 0.0436. The fraction of sp³-hybridized carbons (Fsp3) is 0.308. The van der Waals surface area contributed by atoms with Gasteiger partial charge >= 0.3 is 5.97 Å². The fourth-order valence-corrected chi connectivity index (χ4v) is 3.96. The Labute approximate surface area is 133 Å². The number of rotatable bonds is 8. The van der Waals surface area contributed by atoms with Crippen LogP contribution in [0.3, 0.4) is 0 Å². The molecular formula is C13H16ClNO4S2. The zero-order valence-corrected chi connectivity index (χ0v) is 13.8. The normalized spacial score (nSPS) is 11.3. The second-order valence-corrected chi connectivity index (χ2v) is 7.46. The van der Waals surface area contributed by atoms with Gasteiger partial charge in [0, 0.05) is 23.1 Å². The molecule has 0 heterocycles. The first-order valence-corrected chi connectivity index (χ1v) is 9.03. The van der Waals surface area contributed by atoms with Crippen molar-refractivity contribution in [3.05, 3.63) is 40.9 Å². The highest BCUT2D eigenvalue weighted by Gasteiger charge is 2.21. The van der Waals surface area contributed by atoms with Gasteiger partial charge in [0.15, 0.2) is 0 Å². The van der Waals surface area contributed by atoms with Gasteiger partial charge in [-0.15, -0.1) is 6.58 Å². The van der Waals surface area contributed by atoms with E-state index in [0.717, 1.165) is 5.75 Å². The Morgan fingerprint density at radius 2 is 2.19 bits per heavy atom. The number of hydrogen-bond donors (Lipinski definition) is 2. The number of aromatic carboxylic acids is 1. The average molecular weight is 350 g/mol. The maximum Gasteiger partial charge on any atom is 0.336 e. The third-order valence-corrected chi connectivity index (χ3v) is 5.39. The van der Waals surface area contributed by atoms with E-state index < -0.39 is 16.0 Å². The molecule has 0 aliphatic carbocycles. The standard InChI is InChI=1S/C13H16ClNO4S2/c1-3-5-20-6-4-15-21(18,19)12-8-10(14)7-11(9(12)2)13(16)17/h3,7-8,15H,1,4-6H2,2H3,(H,16,17). The maximum atomic E-state index is 12.2. The summed E-state index contributed by atoms with van der Waals surface area (Å²) >= 11 is 7.34. The quantitative estimate of drug-likeness (QED) is 0.556. The molecule has 0 radical (unpaired) electrons. The predicted octanol–water partition coefficient (Wildman–Crippen LogP) is 2.54. The van der Waals surface area contributed by atoms with E-state index in [1.54, 1.807) is 6.08 Å². The third-order valence-electron chi connectivity index (χ3n) is 2.62. The molecule has 0 bridgehead atoms. The number of carboxylic acid groups (broad SMARTS) is 1. The van der Waals surface area contributed by atoms with Crippen LogP contribution in [0.25, 0.3) is 0 Å². The van der Waals surface area contributed by atoms with Gasteiger partial charge in [-0.25, -0.2) is 17.9 Å². The summed E-state index contributed by atoms with van der Waals surface area (Å²) in [7, 11) is -3.79. The summed E-state index contributed by atoms with van der Waals surface area (Å²) in [6.07, 6.45) is 1.74. The van der Waals surface area contributed by atoms with Crippen molar-refractivity contribution < 1.29 is 18.3 Å². The highest BCUT2D eigenvalue weighted by molar-refractivity contribution is 7.99. The van der Waals surface area contributed by atoms with Crippen LogP contribution in [-0.4, -0.2) is 37.5 Å². The van der Waals surface area contributed by atoms with Crippen molar-refractivity contribution in [3.8, 4) is 0 Å². The first-order chi connectivity index (χ1) is 9.79. The lowest BCUT2D eigenvalue weighted by atomic mass is 10.1. The van der Waals surface area contributed by atoms with Crippen LogP contribution in [0.15, 0.2) is 29.7 Å². The minimum atomic E-state index is -3.79.